The van der Waals surface area contributed by atoms with Gasteiger partial charge in [0.2, 0.25) is 0 Å². The van der Waals surface area contributed by atoms with Gasteiger partial charge in [0.05, 0.1) is 12.8 Å². The maximum Gasteiger partial charge on any atom is 0.349 e. The Morgan fingerprint density at radius 3 is 2.50 bits per heavy atom. The minimum atomic E-state index is -0.858. The SMILES string of the molecule is COc1ccccc1NC(=O)COC(=O)/C(C#N)=C/c1ccc(C)cc1. The molecule has 0 spiro atoms. The zero-order valence-corrected chi connectivity index (χ0v) is 14.5. The molecule has 1 N–H and O–H groups in total. The summed E-state index contributed by atoms with van der Waals surface area (Å²) in [7, 11) is 1.49. The van der Waals surface area contributed by atoms with Crippen LogP contribution in [0, 0.1) is 18.3 Å². The minimum absolute atomic E-state index is 0.182. The van der Waals surface area contributed by atoms with Crippen molar-refractivity contribution in [2.45, 2.75) is 6.92 Å². The molecule has 0 saturated carbocycles. The lowest BCUT2D eigenvalue weighted by molar-refractivity contribution is -0.142. The van der Waals surface area contributed by atoms with Gasteiger partial charge >= 0.3 is 5.97 Å². The van der Waals surface area contributed by atoms with Crippen molar-refractivity contribution in [3.05, 3.63) is 65.2 Å². The van der Waals surface area contributed by atoms with Gasteiger partial charge in [0.1, 0.15) is 17.4 Å². The number of ether oxygens (including phenoxy) is 2. The second-order valence-electron chi connectivity index (χ2n) is 5.41. The molecule has 0 saturated heterocycles. The van der Waals surface area contributed by atoms with Crippen LogP contribution in [0.15, 0.2) is 54.1 Å². The van der Waals surface area contributed by atoms with Crippen molar-refractivity contribution in [2.24, 2.45) is 0 Å². The molecule has 0 aromatic heterocycles. The smallest absolute Gasteiger partial charge is 0.349 e. The molecule has 0 aliphatic heterocycles. The third kappa shape index (κ3) is 5.21. The number of carbonyl (C=O) groups excluding carboxylic acids is 2. The number of aryl methyl sites for hydroxylation is 1. The predicted molar refractivity (Wildman–Crippen MR) is 97.4 cm³/mol. The van der Waals surface area contributed by atoms with Crippen LogP contribution in [0.1, 0.15) is 11.1 Å². The molecule has 26 heavy (non-hydrogen) atoms. The van der Waals surface area contributed by atoms with Crippen molar-refractivity contribution < 1.29 is 19.1 Å². The Morgan fingerprint density at radius 2 is 1.85 bits per heavy atom. The molecule has 0 aliphatic carbocycles. The number of esters is 1. The van der Waals surface area contributed by atoms with Crippen LogP contribution in [0.3, 0.4) is 0 Å². The number of carbonyl (C=O) groups is 2. The summed E-state index contributed by atoms with van der Waals surface area (Å²) >= 11 is 0. The first kappa shape index (κ1) is 18.7. The van der Waals surface area contributed by atoms with Crippen molar-refractivity contribution >= 4 is 23.6 Å². The highest BCUT2D eigenvalue weighted by molar-refractivity contribution is 6.00. The standard InChI is InChI=1S/C20H18N2O4/c1-14-7-9-15(10-8-14)11-16(12-21)20(24)26-13-19(23)22-17-5-3-4-6-18(17)25-2/h3-11H,13H2,1-2H3,(H,22,23)/b16-11+. The van der Waals surface area contributed by atoms with Gasteiger partial charge in [-0.3, -0.25) is 4.79 Å². The zero-order chi connectivity index (χ0) is 18.9. The van der Waals surface area contributed by atoms with E-state index in [4.69, 9.17) is 14.7 Å². The molecule has 2 aromatic carbocycles. The van der Waals surface area contributed by atoms with Crippen LogP contribution in [0.25, 0.3) is 6.08 Å². The lowest BCUT2D eigenvalue weighted by Gasteiger charge is -2.10. The van der Waals surface area contributed by atoms with E-state index in [1.807, 2.05) is 19.1 Å². The predicted octanol–water partition coefficient (Wildman–Crippen LogP) is 3.09. The summed E-state index contributed by atoms with van der Waals surface area (Å²) in [5, 5.41) is 11.7. The molecule has 2 aromatic rings. The summed E-state index contributed by atoms with van der Waals surface area (Å²) in [5.41, 5.74) is 2.05. The first-order chi connectivity index (χ1) is 12.5. The lowest BCUT2D eigenvalue weighted by atomic mass is 10.1. The van der Waals surface area contributed by atoms with E-state index in [2.05, 4.69) is 5.32 Å². The molecule has 0 heterocycles. The molecule has 0 unspecified atom stereocenters. The molecule has 0 radical (unpaired) electrons. The number of nitrogens with one attached hydrogen (secondary N) is 1. The van der Waals surface area contributed by atoms with E-state index in [1.165, 1.54) is 13.2 Å². The lowest BCUT2D eigenvalue weighted by Crippen LogP contribution is -2.21. The van der Waals surface area contributed by atoms with Crippen LogP contribution in [0.4, 0.5) is 5.69 Å². The Hall–Kier alpha value is -3.59. The molecule has 132 valence electrons. The monoisotopic (exact) mass is 350 g/mol. The van der Waals surface area contributed by atoms with E-state index in [0.717, 1.165) is 5.56 Å². The van der Waals surface area contributed by atoms with Gasteiger partial charge in [0.15, 0.2) is 6.61 Å². The van der Waals surface area contributed by atoms with Crippen molar-refractivity contribution in [3.63, 3.8) is 0 Å². The van der Waals surface area contributed by atoms with Crippen LogP contribution in [-0.4, -0.2) is 25.6 Å². The van der Waals surface area contributed by atoms with Crippen LogP contribution in [-0.2, 0) is 14.3 Å². The fourth-order valence-corrected chi connectivity index (χ4v) is 2.11. The number of anilines is 1. The summed E-state index contributed by atoms with van der Waals surface area (Å²) in [5.74, 6) is -0.900. The second kappa shape index (κ2) is 9.04. The first-order valence-electron chi connectivity index (χ1n) is 7.82. The van der Waals surface area contributed by atoms with Gasteiger partial charge < -0.3 is 14.8 Å². The average molecular weight is 350 g/mol. The average Bonchev–Trinajstić information content (AvgIpc) is 2.66. The van der Waals surface area contributed by atoms with E-state index >= 15 is 0 Å². The van der Waals surface area contributed by atoms with Gasteiger partial charge in [-0.1, -0.05) is 42.0 Å². The molecule has 0 atom stereocenters. The fourth-order valence-electron chi connectivity index (χ4n) is 2.11. The highest BCUT2D eigenvalue weighted by Crippen LogP contribution is 2.22. The topological polar surface area (TPSA) is 88.4 Å². The normalized spacial score (nSPS) is 10.6. The van der Waals surface area contributed by atoms with Crippen LogP contribution in [0.5, 0.6) is 5.75 Å². The number of benzene rings is 2. The zero-order valence-electron chi connectivity index (χ0n) is 14.5. The van der Waals surface area contributed by atoms with Crippen molar-refractivity contribution in [3.8, 4) is 11.8 Å². The maximum absolute atomic E-state index is 12.0. The molecule has 0 fully saturated rings. The number of para-hydroxylation sites is 2. The third-order valence-corrected chi connectivity index (χ3v) is 3.44. The number of amides is 1. The maximum atomic E-state index is 12.0. The van der Waals surface area contributed by atoms with Gasteiger partial charge in [0.25, 0.3) is 5.91 Å². The Labute approximate surface area is 151 Å². The van der Waals surface area contributed by atoms with E-state index in [1.54, 1.807) is 42.5 Å². The summed E-state index contributed by atoms with van der Waals surface area (Å²) in [6, 6.07) is 16.0. The molecular weight excluding hydrogens is 332 g/mol. The first-order valence-corrected chi connectivity index (χ1v) is 7.82. The number of nitrogens with zero attached hydrogens (tertiary/aromatic N) is 1. The second-order valence-corrected chi connectivity index (χ2v) is 5.41. The molecular formula is C20H18N2O4. The van der Waals surface area contributed by atoms with Crippen molar-refractivity contribution in [1.29, 1.82) is 5.26 Å². The quantitative estimate of drug-likeness (QED) is 0.491. The molecule has 0 bridgehead atoms. The van der Waals surface area contributed by atoms with Crippen LogP contribution >= 0.6 is 0 Å². The number of rotatable bonds is 6. The van der Waals surface area contributed by atoms with E-state index in [9.17, 15) is 9.59 Å². The van der Waals surface area contributed by atoms with Gasteiger partial charge in [-0.05, 0) is 30.7 Å². The van der Waals surface area contributed by atoms with E-state index in [-0.39, 0.29) is 5.57 Å². The minimum Gasteiger partial charge on any atom is -0.495 e. The highest BCUT2D eigenvalue weighted by atomic mass is 16.5. The fraction of sp³-hybridized carbons (Fsp3) is 0.150. The van der Waals surface area contributed by atoms with Gasteiger partial charge in [0, 0.05) is 0 Å². The Kier molecular flexibility index (Phi) is 6.52. The summed E-state index contributed by atoms with van der Waals surface area (Å²) in [4.78, 5) is 24.0. The van der Waals surface area contributed by atoms with Crippen molar-refractivity contribution in [1.82, 2.24) is 0 Å². The van der Waals surface area contributed by atoms with Crippen molar-refractivity contribution in [2.75, 3.05) is 19.0 Å². The Balaban J connectivity index is 1.97. The Morgan fingerprint density at radius 1 is 1.15 bits per heavy atom. The molecule has 6 nitrogen and oxygen atoms in total. The van der Waals surface area contributed by atoms with Gasteiger partial charge in [-0.25, -0.2) is 4.79 Å². The number of nitriles is 1. The van der Waals surface area contributed by atoms with E-state index < -0.39 is 18.5 Å². The van der Waals surface area contributed by atoms with Crippen LogP contribution < -0.4 is 10.1 Å². The number of hydrogen-bond donors (Lipinski definition) is 1. The summed E-state index contributed by atoms with van der Waals surface area (Å²) in [6.07, 6.45) is 1.42. The summed E-state index contributed by atoms with van der Waals surface area (Å²) < 4.78 is 10.0. The number of methoxy groups -OCH3 is 1. The van der Waals surface area contributed by atoms with Gasteiger partial charge in [-0.2, -0.15) is 5.26 Å². The number of hydrogen-bond acceptors (Lipinski definition) is 5. The Bertz CT molecular complexity index is 864. The van der Waals surface area contributed by atoms with E-state index in [0.29, 0.717) is 17.0 Å². The summed E-state index contributed by atoms with van der Waals surface area (Å²) in [6.45, 7) is 1.43. The molecule has 2 rings (SSSR count). The third-order valence-electron chi connectivity index (χ3n) is 3.44. The van der Waals surface area contributed by atoms with Crippen LogP contribution in [0.2, 0.25) is 0 Å². The molecule has 0 aliphatic rings. The molecule has 6 heteroatoms. The highest BCUT2D eigenvalue weighted by Gasteiger charge is 2.14. The van der Waals surface area contributed by atoms with Gasteiger partial charge in [-0.15, -0.1) is 0 Å². The largest absolute Gasteiger partial charge is 0.495 e. The molecule has 1 amide bonds.